The molecule has 0 saturated carbocycles. The Labute approximate surface area is 128 Å². The van der Waals surface area contributed by atoms with Gasteiger partial charge >= 0.3 is 0 Å². The first kappa shape index (κ1) is 16.2. The molecule has 0 radical (unpaired) electrons. The van der Waals surface area contributed by atoms with Crippen molar-refractivity contribution in [3.63, 3.8) is 0 Å². The van der Waals surface area contributed by atoms with E-state index in [0.29, 0.717) is 12.6 Å². The zero-order valence-corrected chi connectivity index (χ0v) is 14.1. The summed E-state index contributed by atoms with van der Waals surface area (Å²) in [6.45, 7) is 15.4. The topological polar surface area (TPSA) is 23.6 Å². The van der Waals surface area contributed by atoms with Gasteiger partial charge in [-0.3, -0.25) is 14.6 Å². The quantitative estimate of drug-likeness (QED) is 0.796. The van der Waals surface area contributed by atoms with E-state index in [-0.39, 0.29) is 5.78 Å². The fraction of sp³-hybridized carbons (Fsp3) is 0.611. The number of Topliss-reactive ketones (excluding diaryl/α,β-unsaturated/α-hetero) is 1. The molecule has 0 aromatic heterocycles. The third kappa shape index (κ3) is 3.92. The van der Waals surface area contributed by atoms with Crippen LogP contribution in [0.1, 0.15) is 40.9 Å². The van der Waals surface area contributed by atoms with Crippen molar-refractivity contribution in [1.29, 1.82) is 0 Å². The number of nitrogens with zero attached hydrogens (tertiary/aromatic N) is 2. The van der Waals surface area contributed by atoms with Gasteiger partial charge in [-0.25, -0.2) is 0 Å². The Morgan fingerprint density at radius 2 is 1.57 bits per heavy atom. The third-order valence-electron chi connectivity index (χ3n) is 4.65. The van der Waals surface area contributed by atoms with Gasteiger partial charge in [0.2, 0.25) is 0 Å². The average molecular weight is 288 g/mol. The Morgan fingerprint density at radius 1 is 1.00 bits per heavy atom. The van der Waals surface area contributed by atoms with Gasteiger partial charge in [0.1, 0.15) is 0 Å². The highest BCUT2D eigenvalue weighted by Crippen LogP contribution is 2.17. The van der Waals surface area contributed by atoms with Crippen LogP contribution in [-0.2, 0) is 0 Å². The lowest BCUT2D eigenvalue weighted by molar-refractivity contribution is 0.0806. The van der Waals surface area contributed by atoms with Gasteiger partial charge in [-0.2, -0.15) is 0 Å². The molecule has 0 atom stereocenters. The van der Waals surface area contributed by atoms with Crippen LogP contribution < -0.4 is 0 Å². The molecule has 1 aliphatic rings. The molecule has 0 unspecified atom stereocenters. The van der Waals surface area contributed by atoms with E-state index in [1.165, 1.54) is 11.1 Å². The average Bonchev–Trinajstić information content (AvgIpc) is 2.43. The number of hydrogen-bond acceptors (Lipinski definition) is 3. The van der Waals surface area contributed by atoms with E-state index in [1.54, 1.807) is 0 Å². The van der Waals surface area contributed by atoms with Crippen LogP contribution in [0.3, 0.4) is 0 Å². The van der Waals surface area contributed by atoms with Crippen LogP contribution in [0.5, 0.6) is 0 Å². The van der Waals surface area contributed by atoms with Crippen molar-refractivity contribution in [2.75, 3.05) is 32.7 Å². The van der Waals surface area contributed by atoms with E-state index < -0.39 is 0 Å². The fourth-order valence-corrected chi connectivity index (χ4v) is 2.99. The van der Waals surface area contributed by atoms with Crippen LogP contribution >= 0.6 is 0 Å². The predicted octanol–water partition coefficient (Wildman–Crippen LogP) is 2.82. The number of rotatable bonds is 4. The summed E-state index contributed by atoms with van der Waals surface area (Å²) in [5.41, 5.74) is 4.46. The molecule has 0 bridgehead atoms. The molecule has 0 N–H and O–H groups in total. The van der Waals surface area contributed by atoms with Gasteiger partial charge in [-0.1, -0.05) is 6.07 Å². The molecular formula is C18H28N2O. The van der Waals surface area contributed by atoms with Crippen LogP contribution in [0.25, 0.3) is 0 Å². The van der Waals surface area contributed by atoms with Crippen LogP contribution in [-0.4, -0.2) is 54.3 Å². The van der Waals surface area contributed by atoms with Gasteiger partial charge < -0.3 is 0 Å². The third-order valence-corrected chi connectivity index (χ3v) is 4.65. The summed E-state index contributed by atoms with van der Waals surface area (Å²) in [7, 11) is 0. The molecule has 0 aliphatic carbocycles. The van der Waals surface area contributed by atoms with Crippen LogP contribution in [0, 0.1) is 20.8 Å². The Kier molecular flexibility index (Phi) is 5.17. The normalized spacial score (nSPS) is 17.4. The van der Waals surface area contributed by atoms with Crippen molar-refractivity contribution in [2.24, 2.45) is 0 Å². The molecule has 1 aliphatic heterocycles. The number of benzene rings is 1. The van der Waals surface area contributed by atoms with Gasteiger partial charge in [-0.05, 0) is 57.4 Å². The largest absolute Gasteiger partial charge is 0.298 e. The second-order valence-corrected chi connectivity index (χ2v) is 6.58. The van der Waals surface area contributed by atoms with Gasteiger partial charge in [-0.15, -0.1) is 0 Å². The first-order valence-corrected chi connectivity index (χ1v) is 7.96. The number of piperazine rings is 1. The summed E-state index contributed by atoms with van der Waals surface area (Å²) in [5, 5.41) is 0. The minimum atomic E-state index is 0.258. The summed E-state index contributed by atoms with van der Waals surface area (Å²) in [5.74, 6) is 0.258. The fourth-order valence-electron chi connectivity index (χ4n) is 2.99. The SMILES string of the molecule is Cc1cc(C)c(C(=O)CN2CCN(C(C)C)CC2)cc1C. The molecule has 2 rings (SSSR count). The maximum absolute atomic E-state index is 12.6. The van der Waals surface area contributed by atoms with Crippen molar-refractivity contribution in [3.8, 4) is 0 Å². The molecular weight excluding hydrogens is 260 g/mol. The second-order valence-electron chi connectivity index (χ2n) is 6.58. The molecule has 1 aromatic rings. The molecule has 21 heavy (non-hydrogen) atoms. The summed E-state index contributed by atoms with van der Waals surface area (Å²) >= 11 is 0. The van der Waals surface area contributed by atoms with Crippen molar-refractivity contribution in [3.05, 3.63) is 34.4 Å². The van der Waals surface area contributed by atoms with E-state index in [2.05, 4.69) is 49.6 Å². The standard InChI is InChI=1S/C18H28N2O/c1-13(2)20-8-6-19(7-9-20)12-18(21)17-11-15(4)14(3)10-16(17)5/h10-11,13H,6-9,12H2,1-5H3. The minimum Gasteiger partial charge on any atom is -0.298 e. The number of carbonyl (C=O) groups excluding carboxylic acids is 1. The summed E-state index contributed by atoms with van der Waals surface area (Å²) < 4.78 is 0. The van der Waals surface area contributed by atoms with Crippen LogP contribution in [0.4, 0.5) is 0 Å². The molecule has 0 amide bonds. The van der Waals surface area contributed by atoms with Crippen LogP contribution in [0.15, 0.2) is 12.1 Å². The van der Waals surface area contributed by atoms with Crippen LogP contribution in [0.2, 0.25) is 0 Å². The molecule has 1 heterocycles. The predicted molar refractivity (Wildman–Crippen MR) is 88.1 cm³/mol. The molecule has 0 spiro atoms. The Hall–Kier alpha value is -1.19. The number of carbonyl (C=O) groups is 1. The lowest BCUT2D eigenvalue weighted by Crippen LogP contribution is -2.50. The van der Waals surface area contributed by atoms with Crippen molar-refractivity contribution in [1.82, 2.24) is 9.80 Å². The van der Waals surface area contributed by atoms with E-state index in [0.717, 1.165) is 37.3 Å². The highest BCUT2D eigenvalue weighted by Gasteiger charge is 2.21. The summed E-state index contributed by atoms with van der Waals surface area (Å²) in [4.78, 5) is 17.3. The van der Waals surface area contributed by atoms with E-state index in [1.807, 2.05) is 6.92 Å². The lowest BCUT2D eigenvalue weighted by atomic mass is 9.98. The first-order chi connectivity index (χ1) is 9.88. The van der Waals surface area contributed by atoms with Crippen molar-refractivity contribution >= 4 is 5.78 Å². The van der Waals surface area contributed by atoms with Gasteiger partial charge in [0.15, 0.2) is 5.78 Å². The lowest BCUT2D eigenvalue weighted by Gasteiger charge is -2.36. The van der Waals surface area contributed by atoms with E-state index in [9.17, 15) is 4.79 Å². The highest BCUT2D eigenvalue weighted by molar-refractivity contribution is 5.99. The maximum atomic E-state index is 12.6. The van der Waals surface area contributed by atoms with Gasteiger partial charge in [0.25, 0.3) is 0 Å². The molecule has 3 nitrogen and oxygen atoms in total. The zero-order valence-electron chi connectivity index (χ0n) is 14.1. The highest BCUT2D eigenvalue weighted by atomic mass is 16.1. The van der Waals surface area contributed by atoms with Crippen molar-refractivity contribution < 1.29 is 4.79 Å². The first-order valence-electron chi connectivity index (χ1n) is 7.96. The number of aryl methyl sites for hydroxylation is 3. The van der Waals surface area contributed by atoms with Gasteiger partial charge in [0.05, 0.1) is 6.54 Å². The monoisotopic (exact) mass is 288 g/mol. The molecule has 1 fully saturated rings. The van der Waals surface area contributed by atoms with Gasteiger partial charge in [0, 0.05) is 37.8 Å². The second kappa shape index (κ2) is 6.71. The Bertz CT molecular complexity index is 514. The Balaban J connectivity index is 1.98. The zero-order chi connectivity index (χ0) is 15.6. The van der Waals surface area contributed by atoms with E-state index in [4.69, 9.17) is 0 Å². The maximum Gasteiger partial charge on any atom is 0.177 e. The molecule has 1 saturated heterocycles. The smallest absolute Gasteiger partial charge is 0.177 e. The minimum absolute atomic E-state index is 0.258. The molecule has 3 heteroatoms. The summed E-state index contributed by atoms with van der Waals surface area (Å²) in [6.07, 6.45) is 0. The van der Waals surface area contributed by atoms with E-state index >= 15 is 0 Å². The molecule has 116 valence electrons. The number of ketones is 1. The summed E-state index contributed by atoms with van der Waals surface area (Å²) in [6, 6.07) is 4.78. The molecule has 1 aromatic carbocycles. The number of hydrogen-bond donors (Lipinski definition) is 0. The Morgan fingerprint density at radius 3 is 2.14 bits per heavy atom. The van der Waals surface area contributed by atoms with Crippen molar-refractivity contribution in [2.45, 2.75) is 40.7 Å².